The lowest BCUT2D eigenvalue weighted by atomic mass is 9.85. The van der Waals surface area contributed by atoms with E-state index in [1.165, 1.54) is 6.07 Å². The Balaban J connectivity index is 1.55. The molecule has 1 aliphatic carbocycles. The number of ether oxygens (including phenoxy) is 2. The molecule has 0 spiro atoms. The summed E-state index contributed by atoms with van der Waals surface area (Å²) in [6, 6.07) is 9.81. The number of hydrogen-bond acceptors (Lipinski definition) is 7. The van der Waals surface area contributed by atoms with E-state index >= 15 is 0 Å². The molecule has 1 atom stereocenters. The summed E-state index contributed by atoms with van der Waals surface area (Å²) < 4.78 is 28.2. The van der Waals surface area contributed by atoms with Gasteiger partial charge in [-0.2, -0.15) is 4.98 Å². The number of hydrogen-bond donors (Lipinski definition) is 1. The van der Waals surface area contributed by atoms with Gasteiger partial charge < -0.3 is 14.8 Å². The van der Waals surface area contributed by atoms with Crippen molar-refractivity contribution in [2.24, 2.45) is 0 Å². The molecule has 36 heavy (non-hydrogen) atoms. The number of ketones is 1. The number of carbonyl (C=O) groups is 1. The number of rotatable bonds is 8. The van der Waals surface area contributed by atoms with Crippen molar-refractivity contribution in [3.63, 3.8) is 0 Å². The van der Waals surface area contributed by atoms with Crippen LogP contribution in [0, 0.1) is 5.82 Å². The first-order chi connectivity index (χ1) is 17.5. The number of nitrogens with zero attached hydrogens (tertiary/aromatic N) is 3. The summed E-state index contributed by atoms with van der Waals surface area (Å²) in [5, 5.41) is 8.78. The van der Waals surface area contributed by atoms with Crippen LogP contribution in [0.1, 0.15) is 49.8 Å². The largest absolute Gasteiger partial charge is 0.493 e. The Morgan fingerprint density at radius 2 is 2.11 bits per heavy atom. The average Bonchev–Trinajstić information content (AvgIpc) is 3.28. The molecule has 2 heterocycles. The maximum Gasteiger partial charge on any atom is 0.227 e. The van der Waals surface area contributed by atoms with Gasteiger partial charge in [0.25, 0.3) is 0 Å². The first-order valence-electron chi connectivity index (χ1n) is 11.9. The normalized spacial score (nSPS) is 16.9. The van der Waals surface area contributed by atoms with Gasteiger partial charge in [-0.25, -0.2) is 9.07 Å². The lowest BCUT2D eigenvalue weighted by Gasteiger charge is -2.32. The standard InChI is InChI=1S/C26H26BrFN4O3S/c1-3-11-36-26-30-25-29-19-9-6-10-20(33)22(19)23(32(25)31-26)16-12-17(27)24(21(13-16)34-2)35-14-15-7-4-5-8-18(15)28/h4-5,7-8,12-13,23H,3,6,9-11,14H2,1-2H3,(H,29,30,31). The van der Waals surface area contributed by atoms with Crippen LogP contribution in [0.4, 0.5) is 10.3 Å². The Kier molecular flexibility index (Phi) is 7.34. The Morgan fingerprint density at radius 3 is 2.89 bits per heavy atom. The van der Waals surface area contributed by atoms with Crippen LogP contribution < -0.4 is 14.8 Å². The highest BCUT2D eigenvalue weighted by atomic mass is 79.9. The zero-order chi connectivity index (χ0) is 25.2. The summed E-state index contributed by atoms with van der Waals surface area (Å²) in [5.74, 6) is 2.25. The van der Waals surface area contributed by atoms with Gasteiger partial charge in [0.15, 0.2) is 17.3 Å². The molecule has 1 unspecified atom stereocenters. The van der Waals surface area contributed by atoms with Gasteiger partial charge in [-0.3, -0.25) is 4.79 Å². The minimum atomic E-state index is -0.446. The average molecular weight is 573 g/mol. The molecule has 0 amide bonds. The van der Waals surface area contributed by atoms with Crippen LogP contribution >= 0.6 is 27.7 Å². The molecule has 0 bridgehead atoms. The number of methoxy groups -OCH3 is 1. The maximum absolute atomic E-state index is 14.1. The van der Waals surface area contributed by atoms with Crippen LogP contribution in [0.2, 0.25) is 0 Å². The van der Waals surface area contributed by atoms with E-state index in [0.29, 0.717) is 44.6 Å². The number of benzene rings is 2. The minimum absolute atomic E-state index is 0.0490. The summed E-state index contributed by atoms with van der Waals surface area (Å²) in [6.45, 7) is 2.16. The molecular weight excluding hydrogens is 547 g/mol. The Morgan fingerprint density at radius 1 is 1.28 bits per heavy atom. The van der Waals surface area contributed by atoms with E-state index in [1.807, 2.05) is 12.1 Å². The molecule has 0 saturated heterocycles. The van der Waals surface area contributed by atoms with Gasteiger partial charge in [0.2, 0.25) is 11.1 Å². The van der Waals surface area contributed by atoms with Gasteiger partial charge in [0, 0.05) is 29.0 Å². The molecule has 10 heteroatoms. The van der Waals surface area contributed by atoms with Gasteiger partial charge in [0.1, 0.15) is 18.5 Å². The van der Waals surface area contributed by atoms with E-state index in [4.69, 9.17) is 14.6 Å². The molecule has 1 aromatic heterocycles. The number of Topliss-reactive ketones (excluding diaryl/α,β-unsaturated/α-hetero) is 1. The molecular formula is C26H26BrFN4O3S. The van der Waals surface area contributed by atoms with E-state index in [2.05, 4.69) is 33.2 Å². The molecule has 1 aliphatic heterocycles. The number of aromatic nitrogens is 3. The Hall–Kier alpha value is -2.85. The predicted molar refractivity (Wildman–Crippen MR) is 140 cm³/mol. The number of fused-ring (bicyclic) bond motifs is 1. The molecule has 2 aromatic carbocycles. The topological polar surface area (TPSA) is 78.3 Å². The van der Waals surface area contributed by atoms with Crippen molar-refractivity contribution < 1.29 is 18.7 Å². The molecule has 188 valence electrons. The number of anilines is 1. The number of allylic oxidation sites excluding steroid dienone is 2. The Bertz CT molecular complexity index is 1340. The predicted octanol–water partition coefficient (Wildman–Crippen LogP) is 6.29. The summed E-state index contributed by atoms with van der Waals surface area (Å²) in [5.41, 5.74) is 2.87. The first-order valence-corrected chi connectivity index (χ1v) is 13.6. The fourth-order valence-electron chi connectivity index (χ4n) is 4.50. The van der Waals surface area contributed by atoms with Crippen molar-refractivity contribution >= 4 is 39.4 Å². The van der Waals surface area contributed by atoms with Crippen molar-refractivity contribution in [1.29, 1.82) is 0 Å². The molecule has 3 aromatic rings. The highest BCUT2D eigenvalue weighted by Gasteiger charge is 2.37. The quantitative estimate of drug-likeness (QED) is 0.318. The molecule has 7 nitrogen and oxygen atoms in total. The van der Waals surface area contributed by atoms with Crippen molar-refractivity contribution in [3.8, 4) is 11.5 Å². The second kappa shape index (κ2) is 10.6. The van der Waals surface area contributed by atoms with Gasteiger partial charge in [0.05, 0.1) is 11.6 Å². The van der Waals surface area contributed by atoms with Crippen molar-refractivity contribution in [1.82, 2.24) is 14.8 Å². The molecule has 0 fully saturated rings. The number of carbonyl (C=O) groups excluding carboxylic acids is 1. The molecule has 0 radical (unpaired) electrons. The summed E-state index contributed by atoms with van der Waals surface area (Å²) in [4.78, 5) is 17.8. The summed E-state index contributed by atoms with van der Waals surface area (Å²) in [7, 11) is 1.56. The third kappa shape index (κ3) is 4.76. The van der Waals surface area contributed by atoms with Crippen LogP contribution in [-0.4, -0.2) is 33.4 Å². The van der Waals surface area contributed by atoms with E-state index in [9.17, 15) is 9.18 Å². The highest BCUT2D eigenvalue weighted by Crippen LogP contribution is 2.45. The third-order valence-corrected chi connectivity index (χ3v) is 7.81. The lowest BCUT2D eigenvalue weighted by Crippen LogP contribution is -2.31. The van der Waals surface area contributed by atoms with E-state index in [0.717, 1.165) is 36.3 Å². The van der Waals surface area contributed by atoms with Crippen molar-refractivity contribution in [2.75, 3.05) is 18.2 Å². The second-order valence-electron chi connectivity index (χ2n) is 8.62. The number of nitrogens with one attached hydrogen (secondary N) is 1. The van der Waals surface area contributed by atoms with E-state index in [-0.39, 0.29) is 18.2 Å². The van der Waals surface area contributed by atoms with Gasteiger partial charge in [-0.15, -0.1) is 5.10 Å². The Labute approximate surface area is 221 Å². The monoisotopic (exact) mass is 572 g/mol. The van der Waals surface area contributed by atoms with Crippen LogP contribution in [0.5, 0.6) is 11.5 Å². The molecule has 5 rings (SSSR count). The highest BCUT2D eigenvalue weighted by molar-refractivity contribution is 9.10. The second-order valence-corrected chi connectivity index (χ2v) is 10.5. The number of thioether (sulfide) groups is 1. The van der Waals surface area contributed by atoms with Crippen LogP contribution in [-0.2, 0) is 11.4 Å². The summed E-state index contributed by atoms with van der Waals surface area (Å²) in [6.07, 6.45) is 3.10. The van der Waals surface area contributed by atoms with Gasteiger partial charge in [-0.05, 0) is 59.0 Å². The fourth-order valence-corrected chi connectivity index (χ4v) is 5.76. The molecule has 2 aliphatic rings. The first kappa shape index (κ1) is 24.8. The zero-order valence-corrected chi connectivity index (χ0v) is 22.4. The van der Waals surface area contributed by atoms with E-state index < -0.39 is 6.04 Å². The number of halogens is 2. The van der Waals surface area contributed by atoms with Crippen LogP contribution in [0.15, 0.2) is 57.3 Å². The van der Waals surface area contributed by atoms with Gasteiger partial charge in [-0.1, -0.05) is 36.9 Å². The lowest BCUT2D eigenvalue weighted by molar-refractivity contribution is -0.116. The zero-order valence-electron chi connectivity index (χ0n) is 20.0. The van der Waals surface area contributed by atoms with Gasteiger partial charge >= 0.3 is 0 Å². The maximum atomic E-state index is 14.1. The van der Waals surface area contributed by atoms with Crippen LogP contribution in [0.25, 0.3) is 0 Å². The SMILES string of the molecule is CCCSc1nc2n(n1)C(c1cc(Br)c(OCc3ccccc3F)c(OC)c1)C1=C(CCCC1=O)N2. The van der Waals surface area contributed by atoms with Crippen LogP contribution in [0.3, 0.4) is 0 Å². The van der Waals surface area contributed by atoms with Crippen molar-refractivity contribution in [3.05, 3.63) is 69.1 Å². The minimum Gasteiger partial charge on any atom is -0.493 e. The third-order valence-electron chi connectivity index (χ3n) is 6.18. The van der Waals surface area contributed by atoms with E-state index in [1.54, 1.807) is 41.8 Å². The fraction of sp³-hybridized carbons (Fsp3) is 0.346. The molecule has 1 N–H and O–H groups in total. The smallest absolute Gasteiger partial charge is 0.227 e. The van der Waals surface area contributed by atoms with Crippen molar-refractivity contribution in [2.45, 2.75) is 50.4 Å². The molecule has 0 saturated carbocycles. The summed E-state index contributed by atoms with van der Waals surface area (Å²) >= 11 is 5.21.